The monoisotopic (exact) mass is 263 g/mol. The molecule has 94 valence electrons. The second-order valence-corrected chi connectivity index (χ2v) is 4.86. The van der Waals surface area contributed by atoms with Crippen LogP contribution in [0.5, 0.6) is 5.75 Å². The lowest BCUT2D eigenvalue weighted by atomic mass is 10.2. The van der Waals surface area contributed by atoms with Gasteiger partial charge in [-0.25, -0.2) is 0 Å². The van der Waals surface area contributed by atoms with Crippen LogP contribution in [0.4, 0.5) is 13.2 Å². The molecule has 6 heteroatoms. The van der Waals surface area contributed by atoms with Crippen molar-refractivity contribution in [2.75, 3.05) is 12.3 Å². The molecule has 0 bridgehead atoms. The van der Waals surface area contributed by atoms with Gasteiger partial charge in [-0.15, -0.1) is 24.9 Å². The van der Waals surface area contributed by atoms with E-state index in [0.717, 1.165) is 18.7 Å². The quantitative estimate of drug-likeness (QED) is 0.884. The fourth-order valence-electron chi connectivity index (χ4n) is 1.68. The Morgan fingerprint density at radius 3 is 2.71 bits per heavy atom. The molecule has 1 fully saturated rings. The van der Waals surface area contributed by atoms with E-state index in [2.05, 4.69) is 10.1 Å². The van der Waals surface area contributed by atoms with Gasteiger partial charge in [0, 0.05) is 5.56 Å². The highest BCUT2D eigenvalue weighted by molar-refractivity contribution is 7.99. The molecule has 1 atom stereocenters. The zero-order chi connectivity index (χ0) is 12.3. The van der Waals surface area contributed by atoms with Crippen LogP contribution in [0.1, 0.15) is 17.4 Å². The first-order chi connectivity index (χ1) is 8.06. The van der Waals surface area contributed by atoms with Crippen molar-refractivity contribution >= 4 is 11.8 Å². The van der Waals surface area contributed by atoms with Gasteiger partial charge in [0.05, 0.1) is 5.37 Å². The maximum atomic E-state index is 12.2. The van der Waals surface area contributed by atoms with E-state index in [9.17, 15) is 13.2 Å². The van der Waals surface area contributed by atoms with Gasteiger partial charge in [0.15, 0.2) is 0 Å². The van der Waals surface area contributed by atoms with Crippen LogP contribution in [-0.4, -0.2) is 18.7 Å². The zero-order valence-electron chi connectivity index (χ0n) is 8.96. The lowest BCUT2D eigenvalue weighted by Crippen LogP contribution is -2.26. The Kier molecular flexibility index (Phi) is 3.83. The van der Waals surface area contributed by atoms with Crippen molar-refractivity contribution < 1.29 is 17.9 Å². The highest BCUT2D eigenvalue weighted by Gasteiger charge is 2.33. The number of nitrogens with one attached hydrogen (secondary N) is 1. The van der Waals surface area contributed by atoms with Gasteiger partial charge in [0.25, 0.3) is 0 Å². The van der Waals surface area contributed by atoms with Crippen molar-refractivity contribution in [3.8, 4) is 5.75 Å². The Bertz CT molecular complexity index is 377. The Labute approximate surface area is 102 Å². The molecule has 1 unspecified atom stereocenters. The Balaban J connectivity index is 2.20. The Morgan fingerprint density at radius 1 is 1.29 bits per heavy atom. The minimum atomic E-state index is -4.64. The van der Waals surface area contributed by atoms with Gasteiger partial charge in [-0.3, -0.25) is 0 Å². The van der Waals surface area contributed by atoms with Crippen LogP contribution in [0.15, 0.2) is 24.3 Å². The molecule has 0 amide bonds. The second-order valence-electron chi connectivity index (χ2n) is 3.64. The zero-order valence-corrected chi connectivity index (χ0v) is 9.77. The molecule has 0 aliphatic carbocycles. The van der Waals surface area contributed by atoms with Crippen LogP contribution < -0.4 is 10.1 Å². The summed E-state index contributed by atoms with van der Waals surface area (Å²) in [6.45, 7) is 0.817. The molecule has 0 spiro atoms. The predicted molar refractivity (Wildman–Crippen MR) is 60.9 cm³/mol. The van der Waals surface area contributed by atoms with Crippen LogP contribution in [-0.2, 0) is 0 Å². The minimum absolute atomic E-state index is 0.119. The molecule has 1 N–H and O–H groups in total. The topological polar surface area (TPSA) is 21.3 Å². The molecule has 0 aromatic heterocycles. The van der Waals surface area contributed by atoms with Crippen LogP contribution in [0.2, 0.25) is 0 Å². The van der Waals surface area contributed by atoms with E-state index in [1.807, 2.05) is 0 Å². The molecular weight excluding hydrogens is 251 g/mol. The normalized spacial score (nSPS) is 21.2. The largest absolute Gasteiger partial charge is 0.573 e. The van der Waals surface area contributed by atoms with Crippen LogP contribution in [0.25, 0.3) is 0 Å². The van der Waals surface area contributed by atoms with Crippen molar-refractivity contribution in [2.45, 2.75) is 18.2 Å². The van der Waals surface area contributed by atoms with Crippen LogP contribution in [0, 0.1) is 0 Å². The van der Waals surface area contributed by atoms with Crippen molar-refractivity contribution in [1.82, 2.24) is 5.32 Å². The summed E-state index contributed by atoms with van der Waals surface area (Å²) in [4.78, 5) is 0. The first kappa shape index (κ1) is 12.6. The molecule has 1 aromatic carbocycles. The third kappa shape index (κ3) is 3.54. The van der Waals surface area contributed by atoms with Crippen molar-refractivity contribution in [1.29, 1.82) is 0 Å². The molecule has 0 radical (unpaired) electrons. The summed E-state index contributed by atoms with van der Waals surface area (Å²) in [6, 6.07) is 6.27. The molecule has 2 rings (SSSR count). The van der Waals surface area contributed by atoms with E-state index in [1.54, 1.807) is 23.9 Å². The fraction of sp³-hybridized carbons (Fsp3) is 0.455. The highest BCUT2D eigenvalue weighted by atomic mass is 32.2. The summed E-state index contributed by atoms with van der Waals surface area (Å²) in [5.41, 5.74) is 0.550. The maximum absolute atomic E-state index is 12.2. The van der Waals surface area contributed by atoms with Gasteiger partial charge >= 0.3 is 6.36 Å². The fourth-order valence-corrected chi connectivity index (χ4v) is 2.84. The SMILES string of the molecule is FC(F)(F)Oc1ccccc1C1NCCCS1. The summed E-state index contributed by atoms with van der Waals surface area (Å²) in [5, 5.41) is 3.05. The van der Waals surface area contributed by atoms with Crippen molar-refractivity contribution in [2.24, 2.45) is 0 Å². The van der Waals surface area contributed by atoms with Gasteiger partial charge in [0.2, 0.25) is 0 Å². The number of rotatable bonds is 2. The second kappa shape index (κ2) is 5.18. The van der Waals surface area contributed by atoms with Gasteiger partial charge in [-0.05, 0) is 24.8 Å². The summed E-state index contributed by atoms with van der Waals surface area (Å²) < 4.78 is 40.8. The predicted octanol–water partition coefficient (Wildman–Crippen LogP) is 3.31. The van der Waals surface area contributed by atoms with E-state index in [4.69, 9.17) is 0 Å². The van der Waals surface area contributed by atoms with Crippen LogP contribution >= 0.6 is 11.8 Å². The van der Waals surface area contributed by atoms with Gasteiger partial charge in [-0.2, -0.15) is 0 Å². The summed E-state index contributed by atoms with van der Waals surface area (Å²) in [7, 11) is 0. The molecule has 2 nitrogen and oxygen atoms in total. The number of hydrogen-bond acceptors (Lipinski definition) is 3. The molecule has 0 saturated carbocycles. The lowest BCUT2D eigenvalue weighted by molar-refractivity contribution is -0.274. The van der Waals surface area contributed by atoms with E-state index in [1.165, 1.54) is 12.1 Å². The Morgan fingerprint density at radius 2 is 2.06 bits per heavy atom. The number of halogens is 3. The van der Waals surface area contributed by atoms with E-state index < -0.39 is 6.36 Å². The third-order valence-corrected chi connectivity index (χ3v) is 3.64. The third-order valence-electron chi connectivity index (χ3n) is 2.36. The van der Waals surface area contributed by atoms with E-state index in [-0.39, 0.29) is 11.1 Å². The van der Waals surface area contributed by atoms with Crippen molar-refractivity contribution in [3.05, 3.63) is 29.8 Å². The molecule has 1 saturated heterocycles. The van der Waals surface area contributed by atoms with Crippen LogP contribution in [0.3, 0.4) is 0 Å². The molecule has 1 heterocycles. The lowest BCUT2D eigenvalue weighted by Gasteiger charge is -2.25. The van der Waals surface area contributed by atoms with E-state index >= 15 is 0 Å². The average Bonchev–Trinajstić information content (AvgIpc) is 2.29. The smallest absolute Gasteiger partial charge is 0.405 e. The number of ether oxygens (including phenoxy) is 1. The van der Waals surface area contributed by atoms with Crippen molar-refractivity contribution in [3.63, 3.8) is 0 Å². The number of para-hydroxylation sites is 1. The molecule has 1 aromatic rings. The van der Waals surface area contributed by atoms with E-state index in [0.29, 0.717) is 5.56 Å². The maximum Gasteiger partial charge on any atom is 0.573 e. The number of benzene rings is 1. The molecule has 1 aliphatic heterocycles. The number of hydrogen-bond donors (Lipinski definition) is 1. The number of thioether (sulfide) groups is 1. The summed E-state index contributed by atoms with van der Waals surface area (Å²) in [6.07, 6.45) is -3.61. The minimum Gasteiger partial charge on any atom is -0.405 e. The first-order valence-corrected chi connectivity index (χ1v) is 6.31. The van der Waals surface area contributed by atoms with Gasteiger partial charge in [-0.1, -0.05) is 18.2 Å². The van der Waals surface area contributed by atoms with Gasteiger partial charge in [0.1, 0.15) is 5.75 Å². The molecule has 17 heavy (non-hydrogen) atoms. The highest BCUT2D eigenvalue weighted by Crippen LogP contribution is 2.37. The number of alkyl halides is 3. The molecular formula is C11H12F3NOS. The Hall–Kier alpha value is -0.880. The van der Waals surface area contributed by atoms with Gasteiger partial charge < -0.3 is 10.1 Å². The summed E-state index contributed by atoms with van der Waals surface area (Å²) in [5.74, 6) is 0.824. The summed E-state index contributed by atoms with van der Waals surface area (Å²) >= 11 is 1.60. The molecule has 1 aliphatic rings. The average molecular weight is 263 g/mol. The first-order valence-electron chi connectivity index (χ1n) is 5.26. The standard InChI is InChI=1S/C11H12F3NOS/c12-11(13,14)16-9-5-2-1-4-8(9)10-15-6-3-7-17-10/h1-2,4-5,10,15H,3,6-7H2.